The van der Waals surface area contributed by atoms with Crippen molar-refractivity contribution in [3.63, 3.8) is 0 Å². The second-order valence-corrected chi connectivity index (χ2v) is 11.6. The van der Waals surface area contributed by atoms with Gasteiger partial charge >= 0.3 is 5.97 Å². The van der Waals surface area contributed by atoms with Gasteiger partial charge in [0.2, 0.25) is 10.0 Å². The first-order chi connectivity index (χ1) is 17.9. The van der Waals surface area contributed by atoms with Crippen LogP contribution in [0.5, 0.6) is 11.5 Å². The zero-order valence-corrected chi connectivity index (χ0v) is 23.0. The van der Waals surface area contributed by atoms with Crippen molar-refractivity contribution in [3.8, 4) is 11.5 Å². The molecule has 1 atom stereocenters. The number of rotatable bonds is 13. The first-order valence-electron chi connectivity index (χ1n) is 12.5. The third kappa shape index (κ3) is 9.48. The van der Waals surface area contributed by atoms with Gasteiger partial charge in [0.25, 0.3) is 0 Å². The van der Waals surface area contributed by atoms with Crippen LogP contribution in [0, 0.1) is 0 Å². The first kappa shape index (κ1) is 29.2. The lowest BCUT2D eigenvalue weighted by Crippen LogP contribution is -2.43. The summed E-state index contributed by atoms with van der Waals surface area (Å²) >= 11 is 0. The highest BCUT2D eigenvalue weighted by Gasteiger charge is 2.21. The number of ether oxygens (including phenoxy) is 2. The zero-order valence-electron chi connectivity index (χ0n) is 22.2. The van der Waals surface area contributed by atoms with Gasteiger partial charge in [-0.1, -0.05) is 55.5 Å². The number of carbonyl (C=O) groups is 1. The van der Waals surface area contributed by atoms with Gasteiger partial charge in [0.15, 0.2) is 0 Å². The van der Waals surface area contributed by atoms with Crippen LogP contribution in [-0.4, -0.2) is 37.8 Å². The minimum atomic E-state index is -3.57. The third-order valence-electron chi connectivity index (χ3n) is 5.76. The number of hydrogen-bond donors (Lipinski definition) is 3. The van der Waals surface area contributed by atoms with Gasteiger partial charge in [-0.15, -0.1) is 0 Å². The number of sulfonamides is 1. The van der Waals surface area contributed by atoms with Crippen LogP contribution in [-0.2, 0) is 27.8 Å². The maximum Gasteiger partial charge on any atom is 0.310 e. The number of aliphatic hydroxyl groups is 1. The van der Waals surface area contributed by atoms with E-state index >= 15 is 0 Å². The van der Waals surface area contributed by atoms with Gasteiger partial charge in [0.1, 0.15) is 18.1 Å². The third-order valence-corrected chi connectivity index (χ3v) is 6.35. The van der Waals surface area contributed by atoms with E-state index in [-0.39, 0.29) is 30.3 Å². The van der Waals surface area contributed by atoms with Crippen molar-refractivity contribution >= 4 is 21.7 Å². The maximum atomic E-state index is 12.0. The van der Waals surface area contributed by atoms with Crippen molar-refractivity contribution in [3.05, 3.63) is 89.5 Å². The number of β-amino-alcohol motifs (C(OH)–C–C–N with tert-alkyl or cyclic N) is 1. The Balaban J connectivity index is 1.67. The molecule has 204 valence electrons. The van der Waals surface area contributed by atoms with Crippen molar-refractivity contribution in [2.75, 3.05) is 17.5 Å². The molecule has 0 aromatic heterocycles. The van der Waals surface area contributed by atoms with Gasteiger partial charge in [-0.05, 0) is 61.2 Å². The summed E-state index contributed by atoms with van der Waals surface area (Å²) in [5, 5.41) is 14.3. The first-order valence-corrected chi connectivity index (χ1v) is 14.3. The number of nitrogens with one attached hydrogen (secondary N) is 2. The standard InChI is InChI=1S/C29H36N2O6S/c1-5-28(33)37-24-13-9-12-22(16-24)18-29(2,3)30-19-26(32)23-14-15-27(25(17-23)31-38(4,34)35)36-20-21-10-7-6-8-11-21/h6-17,26,30-32H,5,18-20H2,1-4H3/t26-/m0/s1. The molecule has 3 rings (SSSR count). The molecule has 0 aliphatic heterocycles. The molecular weight excluding hydrogens is 504 g/mol. The Morgan fingerprint density at radius 1 is 1.00 bits per heavy atom. The Labute approximate surface area is 225 Å². The summed E-state index contributed by atoms with van der Waals surface area (Å²) in [4.78, 5) is 11.6. The molecule has 3 aromatic rings. The molecule has 0 spiro atoms. The topological polar surface area (TPSA) is 114 Å². The molecule has 0 bridgehead atoms. The minimum absolute atomic E-state index is 0.236. The lowest BCUT2D eigenvalue weighted by Gasteiger charge is -2.28. The zero-order chi connectivity index (χ0) is 27.8. The van der Waals surface area contributed by atoms with Crippen molar-refractivity contribution in [1.29, 1.82) is 0 Å². The quantitative estimate of drug-likeness (QED) is 0.215. The lowest BCUT2D eigenvalue weighted by atomic mass is 9.94. The maximum absolute atomic E-state index is 12.0. The fourth-order valence-corrected chi connectivity index (χ4v) is 4.44. The fraction of sp³-hybridized carbons (Fsp3) is 0.345. The van der Waals surface area contributed by atoms with Gasteiger partial charge < -0.3 is 19.9 Å². The summed E-state index contributed by atoms with van der Waals surface area (Å²) in [7, 11) is -3.57. The van der Waals surface area contributed by atoms with Crippen LogP contribution in [0.25, 0.3) is 0 Å². The van der Waals surface area contributed by atoms with Crippen molar-refractivity contribution < 1.29 is 27.8 Å². The summed E-state index contributed by atoms with van der Waals surface area (Å²) in [6, 6.07) is 21.9. The molecule has 0 saturated heterocycles. The van der Waals surface area contributed by atoms with Crippen molar-refractivity contribution in [2.45, 2.75) is 51.9 Å². The Morgan fingerprint density at radius 3 is 2.39 bits per heavy atom. The molecule has 0 fully saturated rings. The average Bonchev–Trinajstić information content (AvgIpc) is 2.86. The molecule has 8 nitrogen and oxygen atoms in total. The number of carbonyl (C=O) groups excluding carboxylic acids is 1. The molecule has 3 aromatic carbocycles. The van der Waals surface area contributed by atoms with E-state index in [4.69, 9.17) is 9.47 Å². The molecule has 0 heterocycles. The van der Waals surface area contributed by atoms with E-state index in [1.807, 2.05) is 62.4 Å². The van der Waals surface area contributed by atoms with Crippen LogP contribution in [0.3, 0.4) is 0 Å². The molecule has 0 radical (unpaired) electrons. The second-order valence-electron chi connectivity index (χ2n) is 9.84. The van der Waals surface area contributed by atoms with E-state index in [0.717, 1.165) is 17.4 Å². The average molecular weight is 541 g/mol. The van der Waals surface area contributed by atoms with Gasteiger partial charge in [-0.25, -0.2) is 8.42 Å². The van der Waals surface area contributed by atoms with E-state index < -0.39 is 16.1 Å². The Kier molecular flexibility index (Phi) is 9.90. The molecule has 3 N–H and O–H groups in total. The van der Waals surface area contributed by atoms with Crippen molar-refractivity contribution in [1.82, 2.24) is 5.32 Å². The normalized spacial score (nSPS) is 12.6. The summed E-state index contributed by atoms with van der Waals surface area (Å²) in [6.45, 7) is 6.29. The van der Waals surface area contributed by atoms with Gasteiger partial charge in [0, 0.05) is 18.5 Å². The van der Waals surface area contributed by atoms with Crippen LogP contribution >= 0.6 is 0 Å². The second kappa shape index (κ2) is 12.9. The predicted octanol–water partition coefficient (Wildman–Crippen LogP) is 4.60. The van der Waals surface area contributed by atoms with Gasteiger partial charge in [-0.2, -0.15) is 0 Å². The molecule has 38 heavy (non-hydrogen) atoms. The minimum Gasteiger partial charge on any atom is -0.487 e. The molecular formula is C29H36N2O6S. The van der Waals surface area contributed by atoms with E-state index in [0.29, 0.717) is 29.9 Å². The predicted molar refractivity (Wildman–Crippen MR) is 149 cm³/mol. The number of hydrogen-bond acceptors (Lipinski definition) is 7. The molecule has 0 saturated carbocycles. The number of aliphatic hydroxyl groups excluding tert-OH is 1. The van der Waals surface area contributed by atoms with Crippen LogP contribution in [0.2, 0.25) is 0 Å². The van der Waals surface area contributed by atoms with Crippen LogP contribution in [0.1, 0.15) is 50.0 Å². The summed E-state index contributed by atoms with van der Waals surface area (Å²) in [6.07, 6.45) is 1.11. The Morgan fingerprint density at radius 2 is 1.71 bits per heavy atom. The van der Waals surface area contributed by atoms with E-state index in [2.05, 4.69) is 10.0 Å². The fourth-order valence-electron chi connectivity index (χ4n) is 3.88. The molecule has 0 amide bonds. The molecule has 0 aliphatic rings. The van der Waals surface area contributed by atoms with E-state index in [1.165, 1.54) is 0 Å². The Hall–Kier alpha value is -3.40. The smallest absolute Gasteiger partial charge is 0.310 e. The molecule has 9 heteroatoms. The number of anilines is 1. The van der Waals surface area contributed by atoms with Crippen LogP contribution in [0.15, 0.2) is 72.8 Å². The lowest BCUT2D eigenvalue weighted by molar-refractivity contribution is -0.134. The largest absolute Gasteiger partial charge is 0.487 e. The van der Waals surface area contributed by atoms with E-state index in [1.54, 1.807) is 31.2 Å². The highest BCUT2D eigenvalue weighted by molar-refractivity contribution is 7.92. The summed E-state index contributed by atoms with van der Waals surface area (Å²) < 4.78 is 37.6. The number of benzene rings is 3. The number of esters is 1. The van der Waals surface area contributed by atoms with Crippen LogP contribution in [0.4, 0.5) is 5.69 Å². The summed E-state index contributed by atoms with van der Waals surface area (Å²) in [5.74, 6) is 0.585. The molecule has 0 aliphatic carbocycles. The highest BCUT2D eigenvalue weighted by Crippen LogP contribution is 2.30. The van der Waals surface area contributed by atoms with Crippen molar-refractivity contribution in [2.24, 2.45) is 0 Å². The van der Waals surface area contributed by atoms with Gasteiger partial charge in [0.05, 0.1) is 18.0 Å². The SMILES string of the molecule is CCC(=O)Oc1cccc(CC(C)(C)NC[C@H](O)c2ccc(OCc3ccccc3)c(NS(C)(=O)=O)c2)c1. The summed E-state index contributed by atoms with van der Waals surface area (Å²) in [5.41, 5.74) is 2.35. The highest BCUT2D eigenvalue weighted by atomic mass is 32.2. The Bertz CT molecular complexity index is 1330. The van der Waals surface area contributed by atoms with Crippen LogP contribution < -0.4 is 19.5 Å². The van der Waals surface area contributed by atoms with Gasteiger partial charge in [-0.3, -0.25) is 9.52 Å². The van der Waals surface area contributed by atoms with E-state index in [9.17, 15) is 18.3 Å². The monoisotopic (exact) mass is 540 g/mol. The molecule has 0 unspecified atom stereocenters.